The minimum absolute atomic E-state index is 0.105. The van der Waals surface area contributed by atoms with Gasteiger partial charge in [-0.15, -0.1) is 0 Å². The van der Waals surface area contributed by atoms with E-state index in [9.17, 15) is 14.7 Å². The number of aromatic nitrogens is 3. The largest absolute Gasteiger partial charge is 0.478 e. The van der Waals surface area contributed by atoms with Gasteiger partial charge in [0, 0.05) is 23.6 Å². The average molecular weight is 458 g/mol. The summed E-state index contributed by atoms with van der Waals surface area (Å²) in [5.41, 5.74) is 1.18. The molecule has 1 heterocycles. The number of halogens is 1. The molecule has 0 saturated heterocycles. The molecule has 170 valence electrons. The third kappa shape index (κ3) is 5.59. The van der Waals surface area contributed by atoms with Crippen LogP contribution in [0.2, 0.25) is 5.02 Å². The second-order valence-electron chi connectivity index (χ2n) is 7.61. The number of nitrogens with zero attached hydrogens (tertiary/aromatic N) is 3. The summed E-state index contributed by atoms with van der Waals surface area (Å²) < 4.78 is 8.97. The average Bonchev–Trinajstić information content (AvgIpc) is 3.07. The summed E-state index contributed by atoms with van der Waals surface area (Å²) in [6.07, 6.45) is 2.31. The summed E-state index contributed by atoms with van der Waals surface area (Å²) in [7, 11) is 0. The molecular weight excluding hydrogens is 430 g/mol. The van der Waals surface area contributed by atoms with Crippen LogP contribution in [0, 0.1) is 0 Å². The van der Waals surface area contributed by atoms with Gasteiger partial charge in [-0.1, -0.05) is 62.2 Å². The quantitative estimate of drug-likeness (QED) is 0.451. The van der Waals surface area contributed by atoms with Crippen molar-refractivity contribution in [2.45, 2.75) is 58.7 Å². The second kappa shape index (κ2) is 11.0. The zero-order valence-corrected chi connectivity index (χ0v) is 19.1. The van der Waals surface area contributed by atoms with Crippen molar-refractivity contribution in [2.75, 3.05) is 0 Å². The van der Waals surface area contributed by atoms with Gasteiger partial charge in [0.1, 0.15) is 11.6 Å². The zero-order chi connectivity index (χ0) is 23.1. The maximum atomic E-state index is 12.8. The van der Waals surface area contributed by atoms with Gasteiger partial charge in [0.05, 0.1) is 6.54 Å². The minimum atomic E-state index is -1.22. The van der Waals surface area contributed by atoms with Gasteiger partial charge in [-0.2, -0.15) is 5.10 Å². The number of ether oxygens (including phenoxy) is 1. The summed E-state index contributed by atoms with van der Waals surface area (Å²) in [5, 5.41) is 14.5. The Balaban J connectivity index is 1.79. The van der Waals surface area contributed by atoms with Crippen molar-refractivity contribution in [3.8, 4) is 5.75 Å². The van der Waals surface area contributed by atoms with E-state index < -0.39 is 12.1 Å². The molecule has 0 aliphatic heterocycles. The van der Waals surface area contributed by atoms with Crippen molar-refractivity contribution in [3.05, 3.63) is 81.0 Å². The second-order valence-corrected chi connectivity index (χ2v) is 8.02. The fourth-order valence-electron chi connectivity index (χ4n) is 3.43. The van der Waals surface area contributed by atoms with Crippen LogP contribution >= 0.6 is 11.6 Å². The van der Waals surface area contributed by atoms with Gasteiger partial charge in [-0.05, 0) is 36.6 Å². The summed E-state index contributed by atoms with van der Waals surface area (Å²) >= 11 is 6.15. The maximum Gasteiger partial charge on any atom is 0.349 e. The van der Waals surface area contributed by atoms with Crippen molar-refractivity contribution >= 4 is 17.6 Å². The number of rotatable bonds is 11. The number of hydrogen-bond donors (Lipinski definition) is 1. The molecule has 0 saturated carbocycles. The summed E-state index contributed by atoms with van der Waals surface area (Å²) in [4.78, 5) is 24.6. The van der Waals surface area contributed by atoms with Crippen molar-refractivity contribution in [3.63, 3.8) is 0 Å². The van der Waals surface area contributed by atoms with Crippen LogP contribution in [0.1, 0.15) is 56.2 Å². The van der Waals surface area contributed by atoms with Crippen LogP contribution in [0.3, 0.4) is 0 Å². The Kier molecular flexibility index (Phi) is 8.11. The Hall–Kier alpha value is -3.06. The lowest BCUT2D eigenvalue weighted by molar-refractivity contribution is -0.145. The molecule has 1 unspecified atom stereocenters. The first-order valence-corrected chi connectivity index (χ1v) is 11.2. The molecule has 0 amide bonds. The predicted molar refractivity (Wildman–Crippen MR) is 123 cm³/mol. The lowest BCUT2D eigenvalue weighted by Gasteiger charge is -2.17. The molecule has 8 heteroatoms. The number of aryl methyl sites for hydroxylation is 2. The Morgan fingerprint density at radius 2 is 1.84 bits per heavy atom. The fourth-order valence-corrected chi connectivity index (χ4v) is 3.67. The molecule has 0 aliphatic rings. The van der Waals surface area contributed by atoms with Crippen molar-refractivity contribution in [1.29, 1.82) is 0 Å². The highest BCUT2D eigenvalue weighted by Crippen LogP contribution is 2.28. The van der Waals surface area contributed by atoms with Crippen LogP contribution in [0.4, 0.5) is 0 Å². The minimum Gasteiger partial charge on any atom is -0.478 e. The normalized spacial score (nSPS) is 12.0. The van der Waals surface area contributed by atoms with E-state index in [0.717, 1.165) is 37.1 Å². The molecule has 7 nitrogen and oxygen atoms in total. The fraction of sp³-hybridized carbons (Fsp3) is 0.375. The monoisotopic (exact) mass is 457 g/mol. The van der Waals surface area contributed by atoms with Gasteiger partial charge in [0.25, 0.3) is 0 Å². The number of aliphatic carboxylic acids is 1. The van der Waals surface area contributed by atoms with Gasteiger partial charge in [0.15, 0.2) is 0 Å². The summed E-state index contributed by atoms with van der Waals surface area (Å²) in [6, 6.07) is 13.8. The Morgan fingerprint density at radius 3 is 2.47 bits per heavy atom. The number of carboxylic acids is 1. The molecule has 0 fully saturated rings. The molecule has 1 atom stereocenters. The zero-order valence-electron chi connectivity index (χ0n) is 18.3. The number of unbranched alkanes of at least 4 members (excludes halogenated alkanes) is 1. The molecule has 3 aromatic rings. The third-order valence-corrected chi connectivity index (χ3v) is 5.47. The SMILES string of the molecule is CCCCn1nc(CCC)n(Cc2ccc(OC(C(=O)O)c3ccccc3Cl)cc2)c1=O. The van der Waals surface area contributed by atoms with Gasteiger partial charge in [0.2, 0.25) is 6.10 Å². The van der Waals surface area contributed by atoms with Crippen LogP contribution < -0.4 is 10.4 Å². The molecule has 0 spiro atoms. The third-order valence-electron chi connectivity index (χ3n) is 5.13. The molecule has 1 aromatic heterocycles. The number of carboxylic acid groups (broad SMARTS) is 1. The highest BCUT2D eigenvalue weighted by molar-refractivity contribution is 6.31. The highest BCUT2D eigenvalue weighted by Gasteiger charge is 2.24. The summed E-state index contributed by atoms with van der Waals surface area (Å²) in [6.45, 7) is 5.15. The van der Waals surface area contributed by atoms with Gasteiger partial charge < -0.3 is 9.84 Å². The molecule has 2 aromatic carbocycles. The van der Waals surface area contributed by atoms with Crippen LogP contribution in [0.25, 0.3) is 0 Å². The molecule has 0 radical (unpaired) electrons. The molecule has 3 rings (SSSR count). The van der Waals surface area contributed by atoms with Crippen LogP contribution in [0.15, 0.2) is 53.3 Å². The number of benzene rings is 2. The van der Waals surface area contributed by atoms with Gasteiger partial charge in [-0.3, -0.25) is 4.57 Å². The Morgan fingerprint density at radius 1 is 1.12 bits per heavy atom. The number of hydrogen-bond acceptors (Lipinski definition) is 4. The Bertz CT molecular complexity index is 1110. The van der Waals surface area contributed by atoms with Crippen LogP contribution in [0.5, 0.6) is 5.75 Å². The van der Waals surface area contributed by atoms with Crippen molar-refractivity contribution < 1.29 is 14.6 Å². The molecule has 1 N–H and O–H groups in total. The first-order valence-electron chi connectivity index (χ1n) is 10.8. The van der Waals surface area contributed by atoms with E-state index in [2.05, 4.69) is 18.9 Å². The first-order chi connectivity index (χ1) is 15.4. The number of carbonyl (C=O) groups is 1. The lowest BCUT2D eigenvalue weighted by atomic mass is 10.1. The van der Waals surface area contributed by atoms with E-state index in [1.54, 1.807) is 45.6 Å². The highest BCUT2D eigenvalue weighted by atomic mass is 35.5. The van der Waals surface area contributed by atoms with Crippen molar-refractivity contribution in [1.82, 2.24) is 14.3 Å². The van der Waals surface area contributed by atoms with E-state index in [4.69, 9.17) is 16.3 Å². The smallest absolute Gasteiger partial charge is 0.349 e. The lowest BCUT2D eigenvalue weighted by Crippen LogP contribution is -2.26. The molecular formula is C24H28ClN3O4. The molecule has 0 bridgehead atoms. The molecule has 32 heavy (non-hydrogen) atoms. The van der Waals surface area contributed by atoms with E-state index in [-0.39, 0.29) is 5.69 Å². The molecule has 0 aliphatic carbocycles. The van der Waals surface area contributed by atoms with Gasteiger partial charge >= 0.3 is 11.7 Å². The van der Waals surface area contributed by atoms with Gasteiger partial charge in [-0.25, -0.2) is 14.3 Å². The first kappa shape index (κ1) is 23.6. The van der Waals surface area contributed by atoms with Crippen LogP contribution in [-0.4, -0.2) is 25.4 Å². The standard InChI is InChI=1S/C24H28ClN3O4/c1-3-5-15-28-24(31)27(21(26-28)8-4-2)16-17-11-13-18(14-12-17)32-22(23(29)30)19-9-6-7-10-20(19)25/h6-7,9-14,22H,3-5,8,15-16H2,1-2H3,(H,29,30). The van der Waals surface area contributed by atoms with Crippen molar-refractivity contribution in [2.24, 2.45) is 0 Å². The van der Waals surface area contributed by atoms with E-state index in [1.165, 1.54) is 0 Å². The summed E-state index contributed by atoms with van der Waals surface area (Å²) in [5.74, 6) is 0.0526. The van der Waals surface area contributed by atoms with E-state index in [0.29, 0.717) is 29.4 Å². The van der Waals surface area contributed by atoms with Crippen LogP contribution in [-0.2, 0) is 24.3 Å². The topological polar surface area (TPSA) is 86.3 Å². The van der Waals surface area contributed by atoms with E-state index in [1.807, 2.05) is 12.1 Å². The predicted octanol–water partition coefficient (Wildman–Crippen LogP) is 4.70. The van der Waals surface area contributed by atoms with E-state index >= 15 is 0 Å². The Labute approximate surface area is 192 Å². The maximum absolute atomic E-state index is 12.8.